The number of aliphatic hydroxyl groups excluding tert-OH is 1. The van der Waals surface area contributed by atoms with E-state index in [0.717, 1.165) is 23.1 Å². The molecule has 0 heterocycles. The van der Waals surface area contributed by atoms with Crippen LogP contribution in [-0.4, -0.2) is 24.3 Å². The van der Waals surface area contributed by atoms with Gasteiger partial charge in [0, 0.05) is 6.61 Å². The monoisotopic (exact) mass is 232 g/mol. The lowest BCUT2D eigenvalue weighted by Gasteiger charge is -2.09. The Labute approximate surface area is 101 Å². The molecule has 0 radical (unpaired) electrons. The van der Waals surface area contributed by atoms with Gasteiger partial charge in [-0.3, -0.25) is 0 Å². The van der Waals surface area contributed by atoms with Gasteiger partial charge in [0.25, 0.3) is 0 Å². The molecule has 1 aliphatic carbocycles. The van der Waals surface area contributed by atoms with Crippen molar-refractivity contribution in [2.45, 2.75) is 19.8 Å². The van der Waals surface area contributed by atoms with E-state index in [1.165, 1.54) is 0 Å². The summed E-state index contributed by atoms with van der Waals surface area (Å²) < 4.78 is 5.04. The Balaban J connectivity index is 2.32. The molecular formula is C14H16O3. The van der Waals surface area contributed by atoms with Crippen LogP contribution >= 0.6 is 0 Å². The summed E-state index contributed by atoms with van der Waals surface area (Å²) in [5.41, 5.74) is 3.86. The molecule has 90 valence electrons. The van der Waals surface area contributed by atoms with Crippen molar-refractivity contribution < 1.29 is 14.6 Å². The fourth-order valence-electron chi connectivity index (χ4n) is 2.20. The standard InChI is InChI=1S/C14H16O3/c1-2-17-14(16)13-5-3-4-11-10(8-9-15)6-7-12(11)13/h3-6,15H,2,7-9H2,1H3. The number of esters is 1. The molecule has 0 aliphatic heterocycles. The maximum Gasteiger partial charge on any atom is 0.338 e. The Bertz CT molecular complexity index is 461. The third kappa shape index (κ3) is 2.24. The maximum atomic E-state index is 11.8. The number of rotatable bonds is 4. The molecule has 3 heteroatoms. The molecule has 2 rings (SSSR count). The predicted molar refractivity (Wildman–Crippen MR) is 65.8 cm³/mol. The minimum Gasteiger partial charge on any atom is -0.462 e. The number of hydrogen-bond acceptors (Lipinski definition) is 3. The molecule has 1 aliphatic rings. The van der Waals surface area contributed by atoms with E-state index in [4.69, 9.17) is 9.84 Å². The van der Waals surface area contributed by atoms with E-state index >= 15 is 0 Å². The van der Waals surface area contributed by atoms with Crippen molar-refractivity contribution in [3.8, 4) is 0 Å². The van der Waals surface area contributed by atoms with Gasteiger partial charge in [-0.15, -0.1) is 0 Å². The summed E-state index contributed by atoms with van der Waals surface area (Å²) in [6.45, 7) is 2.32. The lowest BCUT2D eigenvalue weighted by Crippen LogP contribution is -2.08. The molecule has 17 heavy (non-hydrogen) atoms. The molecule has 3 nitrogen and oxygen atoms in total. The zero-order valence-corrected chi connectivity index (χ0v) is 9.90. The first-order valence-corrected chi connectivity index (χ1v) is 5.87. The van der Waals surface area contributed by atoms with Crippen molar-refractivity contribution in [2.75, 3.05) is 13.2 Å². The molecule has 0 amide bonds. The van der Waals surface area contributed by atoms with Gasteiger partial charge < -0.3 is 9.84 Å². The van der Waals surface area contributed by atoms with E-state index in [2.05, 4.69) is 6.08 Å². The highest BCUT2D eigenvalue weighted by atomic mass is 16.5. The number of allylic oxidation sites excluding steroid dienone is 1. The highest BCUT2D eigenvalue weighted by Gasteiger charge is 2.20. The van der Waals surface area contributed by atoms with Gasteiger partial charge >= 0.3 is 5.97 Å². The summed E-state index contributed by atoms with van der Waals surface area (Å²) in [4.78, 5) is 11.8. The summed E-state index contributed by atoms with van der Waals surface area (Å²) in [6, 6.07) is 5.65. The van der Waals surface area contributed by atoms with Crippen molar-refractivity contribution in [3.05, 3.63) is 41.0 Å². The predicted octanol–water partition coefficient (Wildman–Crippen LogP) is 2.19. The van der Waals surface area contributed by atoms with E-state index in [1.807, 2.05) is 12.1 Å². The van der Waals surface area contributed by atoms with E-state index in [9.17, 15) is 4.79 Å². The molecule has 0 aromatic heterocycles. The van der Waals surface area contributed by atoms with Gasteiger partial charge in [-0.25, -0.2) is 4.79 Å². The Kier molecular flexibility index (Phi) is 3.59. The van der Waals surface area contributed by atoms with E-state index in [-0.39, 0.29) is 12.6 Å². The van der Waals surface area contributed by atoms with Crippen LogP contribution in [0.5, 0.6) is 0 Å². The van der Waals surface area contributed by atoms with Gasteiger partial charge in [0.15, 0.2) is 0 Å². The fraction of sp³-hybridized carbons (Fsp3) is 0.357. The summed E-state index contributed by atoms with van der Waals surface area (Å²) in [7, 11) is 0. The van der Waals surface area contributed by atoms with Crippen molar-refractivity contribution in [1.29, 1.82) is 0 Å². The van der Waals surface area contributed by atoms with Crippen LogP contribution in [0.2, 0.25) is 0 Å². The number of aliphatic hydroxyl groups is 1. The first kappa shape index (κ1) is 11.9. The van der Waals surface area contributed by atoms with Crippen LogP contribution < -0.4 is 0 Å². The zero-order valence-electron chi connectivity index (χ0n) is 9.90. The van der Waals surface area contributed by atoms with Crippen molar-refractivity contribution in [1.82, 2.24) is 0 Å². The molecular weight excluding hydrogens is 216 g/mol. The molecule has 1 N–H and O–H groups in total. The van der Waals surface area contributed by atoms with E-state index in [0.29, 0.717) is 18.6 Å². The van der Waals surface area contributed by atoms with Gasteiger partial charge in [0.2, 0.25) is 0 Å². The number of hydrogen-bond donors (Lipinski definition) is 1. The number of fused-ring (bicyclic) bond motifs is 1. The minimum atomic E-state index is -0.261. The fourth-order valence-corrected chi connectivity index (χ4v) is 2.20. The number of carbonyl (C=O) groups is 1. The van der Waals surface area contributed by atoms with Crippen molar-refractivity contribution >= 4 is 11.5 Å². The largest absolute Gasteiger partial charge is 0.462 e. The molecule has 0 saturated heterocycles. The molecule has 0 saturated carbocycles. The lowest BCUT2D eigenvalue weighted by atomic mass is 9.99. The average molecular weight is 232 g/mol. The Hall–Kier alpha value is -1.61. The smallest absolute Gasteiger partial charge is 0.338 e. The van der Waals surface area contributed by atoms with Gasteiger partial charge in [-0.2, -0.15) is 0 Å². The molecule has 0 bridgehead atoms. The highest BCUT2D eigenvalue weighted by Crippen LogP contribution is 2.32. The van der Waals surface area contributed by atoms with Crippen molar-refractivity contribution in [2.24, 2.45) is 0 Å². The molecule has 0 atom stereocenters. The van der Waals surface area contributed by atoms with Gasteiger partial charge in [-0.1, -0.05) is 18.2 Å². The first-order chi connectivity index (χ1) is 8.27. The second-order valence-electron chi connectivity index (χ2n) is 3.96. The van der Waals surface area contributed by atoms with Crippen LogP contribution in [0.4, 0.5) is 0 Å². The molecule has 0 unspecified atom stereocenters. The quantitative estimate of drug-likeness (QED) is 0.809. The SMILES string of the molecule is CCOC(=O)c1cccc2c1CC=C2CCO. The van der Waals surface area contributed by atoms with Crippen LogP contribution in [0.1, 0.15) is 34.8 Å². The van der Waals surface area contributed by atoms with Crippen LogP contribution in [-0.2, 0) is 11.2 Å². The summed E-state index contributed by atoms with van der Waals surface area (Å²) in [5.74, 6) is -0.261. The number of benzene rings is 1. The van der Waals surface area contributed by atoms with E-state index in [1.54, 1.807) is 13.0 Å². The first-order valence-electron chi connectivity index (χ1n) is 5.87. The van der Waals surface area contributed by atoms with Gasteiger partial charge in [0.1, 0.15) is 0 Å². The van der Waals surface area contributed by atoms with Crippen molar-refractivity contribution in [3.63, 3.8) is 0 Å². The van der Waals surface area contributed by atoms with Crippen LogP contribution in [0, 0.1) is 0 Å². The lowest BCUT2D eigenvalue weighted by molar-refractivity contribution is 0.0525. The summed E-state index contributed by atoms with van der Waals surface area (Å²) >= 11 is 0. The van der Waals surface area contributed by atoms with Crippen LogP contribution in [0.25, 0.3) is 5.57 Å². The highest BCUT2D eigenvalue weighted by molar-refractivity contribution is 5.94. The molecule has 1 aromatic carbocycles. The van der Waals surface area contributed by atoms with E-state index < -0.39 is 0 Å². The second kappa shape index (κ2) is 5.15. The molecule has 0 spiro atoms. The Morgan fingerprint density at radius 2 is 2.29 bits per heavy atom. The summed E-state index contributed by atoms with van der Waals surface area (Å²) in [5, 5.41) is 8.98. The Morgan fingerprint density at radius 1 is 1.47 bits per heavy atom. The molecule has 0 fully saturated rings. The van der Waals surface area contributed by atoms with Gasteiger partial charge in [-0.05, 0) is 42.5 Å². The number of ether oxygens (including phenoxy) is 1. The normalized spacial score (nSPS) is 13.2. The minimum absolute atomic E-state index is 0.134. The zero-order chi connectivity index (χ0) is 12.3. The maximum absolute atomic E-state index is 11.8. The third-order valence-corrected chi connectivity index (χ3v) is 2.95. The Morgan fingerprint density at radius 3 is 3.00 bits per heavy atom. The average Bonchev–Trinajstić information content (AvgIpc) is 2.73. The second-order valence-corrected chi connectivity index (χ2v) is 3.96. The molecule has 1 aromatic rings. The van der Waals surface area contributed by atoms with Crippen LogP contribution in [0.3, 0.4) is 0 Å². The number of carbonyl (C=O) groups excluding carboxylic acids is 1. The van der Waals surface area contributed by atoms with Crippen LogP contribution in [0.15, 0.2) is 24.3 Å². The van der Waals surface area contributed by atoms with Gasteiger partial charge in [0.05, 0.1) is 12.2 Å². The third-order valence-electron chi connectivity index (χ3n) is 2.95. The topological polar surface area (TPSA) is 46.5 Å². The summed E-state index contributed by atoms with van der Waals surface area (Å²) in [6.07, 6.45) is 3.46.